The number of carboxylic acids is 1. The smallest absolute Gasteiger partial charge is 0.203 e. The van der Waals surface area contributed by atoms with Crippen molar-refractivity contribution >= 4 is 28.3 Å². The molecule has 2 aromatic rings. The van der Waals surface area contributed by atoms with Crippen molar-refractivity contribution < 1.29 is 14.3 Å². The second-order valence-corrected chi connectivity index (χ2v) is 8.87. The number of anilines is 1. The molecule has 0 radical (unpaired) electrons. The third-order valence-electron chi connectivity index (χ3n) is 7.09. The molecule has 184 valence electrons. The summed E-state index contributed by atoms with van der Waals surface area (Å²) in [6.45, 7) is 12.4. The number of rotatable bonds is 7. The quantitative estimate of drug-likeness (QED) is 0.279. The van der Waals surface area contributed by atoms with Crippen LogP contribution >= 0.6 is 0 Å². The van der Waals surface area contributed by atoms with Gasteiger partial charge in [0.25, 0.3) is 0 Å². The van der Waals surface area contributed by atoms with Gasteiger partial charge < -0.3 is 19.2 Å². The second-order valence-electron chi connectivity index (χ2n) is 8.87. The number of aromatic carboxylic acids is 1. The van der Waals surface area contributed by atoms with Crippen LogP contribution < -0.4 is 19.9 Å². The van der Waals surface area contributed by atoms with Crippen LogP contribution in [-0.2, 0) is 6.54 Å². The zero-order valence-electron chi connectivity index (χ0n) is 21.2. The molecule has 7 nitrogen and oxygen atoms in total. The van der Waals surface area contributed by atoms with E-state index in [-0.39, 0.29) is 5.56 Å². The largest absolute Gasteiger partial charge is 0.545 e. The van der Waals surface area contributed by atoms with Crippen molar-refractivity contribution in [3.05, 3.63) is 65.0 Å². The average molecular weight is 483 g/mol. The molecule has 0 saturated carbocycles. The number of benzene rings is 3. The molecular formula is C29H30N4O3. The number of carbonyl (C=O) groups is 1. The Balaban J connectivity index is 1.91. The van der Waals surface area contributed by atoms with Crippen LogP contribution in [0.2, 0.25) is 0 Å². The van der Waals surface area contributed by atoms with Gasteiger partial charge in [0, 0.05) is 58.5 Å². The van der Waals surface area contributed by atoms with E-state index in [0.717, 1.165) is 59.3 Å². The maximum atomic E-state index is 12.4. The van der Waals surface area contributed by atoms with Gasteiger partial charge in [-0.2, -0.15) is 10.2 Å². The third-order valence-corrected chi connectivity index (χ3v) is 7.09. The van der Waals surface area contributed by atoms with Crippen LogP contribution in [0.15, 0.2) is 63.2 Å². The molecule has 2 aliphatic heterocycles. The molecule has 2 aromatic carbocycles. The first kappa shape index (κ1) is 23.7. The van der Waals surface area contributed by atoms with Crippen molar-refractivity contribution in [2.75, 3.05) is 31.1 Å². The minimum atomic E-state index is -1.26. The zero-order chi connectivity index (χ0) is 25.4. The highest BCUT2D eigenvalue weighted by Crippen LogP contribution is 2.45. The Labute approximate surface area is 210 Å². The topological polar surface area (TPSA) is 84.2 Å². The van der Waals surface area contributed by atoms with E-state index in [1.165, 1.54) is 0 Å². The van der Waals surface area contributed by atoms with Gasteiger partial charge in [-0.15, -0.1) is 0 Å². The summed E-state index contributed by atoms with van der Waals surface area (Å²) >= 11 is 0. The van der Waals surface area contributed by atoms with Crippen molar-refractivity contribution in [1.29, 1.82) is 0 Å². The normalized spacial score (nSPS) is 12.3. The Kier molecular flexibility index (Phi) is 6.31. The summed E-state index contributed by atoms with van der Waals surface area (Å²) in [7, 11) is 0. The minimum absolute atomic E-state index is 0.0724. The number of carbonyl (C=O) groups excluding carboxylic acids is 1. The van der Waals surface area contributed by atoms with E-state index in [1.807, 2.05) is 36.4 Å². The summed E-state index contributed by atoms with van der Waals surface area (Å²) in [6.07, 6.45) is 0. The highest BCUT2D eigenvalue weighted by Gasteiger charge is 2.25. The van der Waals surface area contributed by atoms with E-state index in [9.17, 15) is 9.90 Å². The molecule has 0 fully saturated rings. The van der Waals surface area contributed by atoms with Crippen LogP contribution in [-0.4, -0.2) is 32.1 Å². The monoisotopic (exact) mass is 482 g/mol. The highest BCUT2D eigenvalue weighted by atomic mass is 16.4. The van der Waals surface area contributed by atoms with Crippen LogP contribution in [0.3, 0.4) is 0 Å². The van der Waals surface area contributed by atoms with Crippen LogP contribution in [0.4, 0.5) is 11.4 Å². The number of hydrogen-bond acceptors (Lipinski definition) is 6. The number of fused-ring (bicyclic) bond motifs is 3. The van der Waals surface area contributed by atoms with E-state index in [0.29, 0.717) is 29.1 Å². The summed E-state index contributed by atoms with van der Waals surface area (Å²) in [5.74, 6) is -0.561. The van der Waals surface area contributed by atoms with E-state index in [1.54, 1.807) is 0 Å². The maximum absolute atomic E-state index is 12.4. The molecule has 0 unspecified atom stereocenters. The average Bonchev–Trinajstić information content (AvgIpc) is 3.36. The van der Waals surface area contributed by atoms with Crippen molar-refractivity contribution in [2.24, 2.45) is 10.2 Å². The molecular weight excluding hydrogens is 452 g/mol. The second kappa shape index (κ2) is 9.57. The predicted octanol–water partition coefficient (Wildman–Crippen LogP) is 4.82. The van der Waals surface area contributed by atoms with Crippen LogP contribution in [0.5, 0.6) is 0 Å². The summed E-state index contributed by atoms with van der Waals surface area (Å²) in [5.41, 5.74) is 5.21. The molecule has 7 heteroatoms. The van der Waals surface area contributed by atoms with E-state index >= 15 is 0 Å². The fourth-order valence-electron chi connectivity index (χ4n) is 5.20. The van der Waals surface area contributed by atoms with Crippen LogP contribution in [0, 0.1) is 0 Å². The van der Waals surface area contributed by atoms with Gasteiger partial charge in [0.2, 0.25) is 5.36 Å². The molecule has 0 bridgehead atoms. The first-order valence-corrected chi connectivity index (χ1v) is 12.6. The van der Waals surface area contributed by atoms with E-state index < -0.39 is 5.97 Å². The van der Waals surface area contributed by atoms with Gasteiger partial charge in [-0.05, 0) is 51.5 Å². The Bertz CT molecular complexity index is 1540. The van der Waals surface area contributed by atoms with Gasteiger partial charge in [-0.1, -0.05) is 12.1 Å². The Morgan fingerprint density at radius 3 is 2.44 bits per heavy atom. The molecule has 0 saturated heterocycles. The van der Waals surface area contributed by atoms with Gasteiger partial charge in [0.15, 0.2) is 0 Å². The first-order valence-electron chi connectivity index (χ1n) is 12.6. The number of hydrogen-bond donors (Lipinski definition) is 0. The highest BCUT2D eigenvalue weighted by molar-refractivity contribution is 6.09. The number of carboxylic acid groups (broad SMARTS) is 1. The maximum Gasteiger partial charge on any atom is 0.203 e. The molecule has 0 spiro atoms. The molecule has 0 amide bonds. The molecule has 5 rings (SSSR count). The van der Waals surface area contributed by atoms with Crippen molar-refractivity contribution in [3.63, 3.8) is 0 Å². The van der Waals surface area contributed by atoms with E-state index in [2.05, 4.69) is 59.5 Å². The third kappa shape index (κ3) is 3.85. The summed E-state index contributed by atoms with van der Waals surface area (Å²) in [5, 5.41) is 22.5. The zero-order valence-corrected chi connectivity index (χ0v) is 21.2. The minimum Gasteiger partial charge on any atom is -0.545 e. The van der Waals surface area contributed by atoms with Gasteiger partial charge >= 0.3 is 0 Å². The fraction of sp³-hybridized carbons (Fsp3) is 0.310. The van der Waals surface area contributed by atoms with Crippen molar-refractivity contribution in [3.8, 4) is 22.5 Å². The van der Waals surface area contributed by atoms with Gasteiger partial charge in [-0.25, -0.2) is 4.58 Å². The number of nitrogens with zero attached hydrogens (tertiary/aromatic N) is 4. The molecule has 2 heterocycles. The molecule has 36 heavy (non-hydrogen) atoms. The lowest BCUT2D eigenvalue weighted by Gasteiger charge is -2.23. The van der Waals surface area contributed by atoms with Crippen molar-refractivity contribution in [1.82, 2.24) is 4.58 Å². The molecule has 3 aliphatic rings. The van der Waals surface area contributed by atoms with Crippen LogP contribution in [0.25, 0.3) is 33.4 Å². The van der Waals surface area contributed by atoms with Gasteiger partial charge in [0.05, 0.1) is 18.6 Å². The Morgan fingerprint density at radius 2 is 1.75 bits per heavy atom. The van der Waals surface area contributed by atoms with Gasteiger partial charge in [0.1, 0.15) is 30.1 Å². The van der Waals surface area contributed by atoms with Crippen LogP contribution in [0.1, 0.15) is 43.6 Å². The summed E-state index contributed by atoms with van der Waals surface area (Å²) in [6, 6.07) is 16.0. The van der Waals surface area contributed by atoms with Crippen molar-refractivity contribution in [2.45, 2.75) is 34.2 Å². The Morgan fingerprint density at radius 1 is 1.00 bits per heavy atom. The SMILES string of the molecule is CCN(CC)c1ccc2c(-c3ccc4c(c3C(=O)[O-])N=NC4)c3ccc(=[N+](CC)CC)cc-3oc2c1. The lowest BCUT2D eigenvalue weighted by molar-refractivity contribution is -0.254. The predicted molar refractivity (Wildman–Crippen MR) is 141 cm³/mol. The van der Waals surface area contributed by atoms with Gasteiger partial charge in [-0.3, -0.25) is 0 Å². The molecule has 1 aliphatic carbocycles. The lowest BCUT2D eigenvalue weighted by atomic mass is 9.89. The standard InChI is InChI=1S/C29H30N4O3/c1-5-32(6-2)19-10-13-21-24(15-19)36-25-16-20(33(7-3)8-4)11-14-22(25)26(21)23-12-9-18-17-30-31-28(18)27(23)29(34)35/h9-16H,5-8,17H2,1-4H3. The number of azo groups is 1. The Hall–Kier alpha value is -4.00. The van der Waals surface area contributed by atoms with E-state index in [4.69, 9.17) is 4.42 Å². The lowest BCUT2D eigenvalue weighted by Crippen LogP contribution is -2.29. The molecule has 0 atom stereocenters. The summed E-state index contributed by atoms with van der Waals surface area (Å²) in [4.78, 5) is 14.7. The first-order chi connectivity index (χ1) is 17.5. The fourth-order valence-corrected chi connectivity index (χ4v) is 5.20. The molecule has 0 aromatic heterocycles. The molecule has 0 N–H and O–H groups in total. The summed E-state index contributed by atoms with van der Waals surface area (Å²) < 4.78 is 8.76.